The molecule has 0 aliphatic rings. The van der Waals surface area contributed by atoms with Crippen molar-refractivity contribution in [2.24, 2.45) is 39.9 Å². The molecule has 0 radical (unpaired) electrons. The first-order chi connectivity index (χ1) is 29.4. The Kier molecular flexibility index (Phi) is 27.1. The van der Waals surface area contributed by atoms with Crippen molar-refractivity contribution in [3.8, 4) is 0 Å². The van der Waals surface area contributed by atoms with Crippen molar-refractivity contribution in [3.05, 3.63) is 0 Å². The lowest BCUT2D eigenvalue weighted by Crippen LogP contribution is -2.63. The quantitative estimate of drug-likeness (QED) is 0.0207. The first kappa shape index (κ1) is 57.5. The van der Waals surface area contributed by atoms with Gasteiger partial charge in [0.15, 0.2) is 5.96 Å². The Morgan fingerprint density at radius 2 is 0.968 bits per heavy atom. The standard InChI is InChI=1S/C41H76N12O10/c1-11-16-26(35(58)51-31(22(7)12-2)38(61)49-27(34(57)45-14-4)17-15-20-46-41(43)44)48-40(63)33(24(9)54)53-39(62)32(23(8)13-3)52-37(60)30(21(5)6)50-36(59)28(47-25(10)55)18-19-29(42)56/h21-24,26-28,30-33,54H,11-20H2,1-10H3,(H2,42,56)(H,45,57)(H,47,55)(H,48,63)(H,49,61)(H,50,59)(H,51,58)(H,52,60)(H,53,62)(H4,43,44,46)/t22-,23-,24+,26-,27-,28-,30-,31-,32+,33-/m0/s1. The summed E-state index contributed by atoms with van der Waals surface area (Å²) in [5.74, 6) is -7.85. The van der Waals surface area contributed by atoms with E-state index in [1.54, 1.807) is 48.5 Å². The summed E-state index contributed by atoms with van der Waals surface area (Å²) in [6.07, 6.45) is 0.112. The van der Waals surface area contributed by atoms with E-state index in [0.717, 1.165) is 0 Å². The molecule has 0 aliphatic carbocycles. The normalized spacial score (nSPS) is 15.8. The van der Waals surface area contributed by atoms with Gasteiger partial charge in [0.05, 0.1) is 6.10 Å². The first-order valence-corrected chi connectivity index (χ1v) is 21.8. The Morgan fingerprint density at radius 3 is 1.40 bits per heavy atom. The minimum atomic E-state index is -1.61. The van der Waals surface area contributed by atoms with Gasteiger partial charge >= 0.3 is 0 Å². The molecule has 10 atom stereocenters. The third-order valence-corrected chi connectivity index (χ3v) is 10.4. The van der Waals surface area contributed by atoms with Crippen molar-refractivity contribution in [2.75, 3.05) is 13.1 Å². The van der Waals surface area contributed by atoms with E-state index in [-0.39, 0.29) is 38.2 Å². The molecule has 22 heteroatoms. The maximum absolute atomic E-state index is 13.9. The fraction of sp³-hybridized carbons (Fsp3) is 0.756. The Labute approximate surface area is 371 Å². The molecule has 0 rings (SSSR count). The number of nitrogens with zero attached hydrogens (tertiary/aromatic N) is 1. The summed E-state index contributed by atoms with van der Waals surface area (Å²) in [5.41, 5.74) is 16.0. The molecule has 15 N–H and O–H groups in total. The molecule has 0 aromatic carbocycles. The maximum Gasteiger partial charge on any atom is 0.245 e. The van der Waals surface area contributed by atoms with Crippen molar-refractivity contribution >= 4 is 59.1 Å². The number of rotatable bonds is 30. The summed E-state index contributed by atoms with van der Waals surface area (Å²) in [7, 11) is 0. The van der Waals surface area contributed by atoms with Gasteiger partial charge in [0.2, 0.25) is 53.2 Å². The topological polar surface area (TPSA) is 361 Å². The number of aliphatic hydroxyl groups excluding tert-OH is 1. The highest BCUT2D eigenvalue weighted by molar-refractivity contribution is 5.98. The van der Waals surface area contributed by atoms with Gasteiger partial charge in [-0.2, -0.15) is 0 Å². The van der Waals surface area contributed by atoms with E-state index in [4.69, 9.17) is 17.2 Å². The van der Waals surface area contributed by atoms with Gasteiger partial charge in [0.1, 0.15) is 42.3 Å². The third kappa shape index (κ3) is 21.4. The Morgan fingerprint density at radius 1 is 0.540 bits per heavy atom. The van der Waals surface area contributed by atoms with Crippen LogP contribution in [-0.2, 0) is 43.2 Å². The average Bonchev–Trinajstić information content (AvgIpc) is 3.20. The SMILES string of the molecule is CCC[C@H](NC(=O)[C@@H](NC(=O)[C@H](NC(=O)[C@@H](NC(=O)[C@H](CCC(N)=O)NC(C)=O)C(C)C)[C@@H](C)CC)[C@@H](C)O)C(=O)N[C@H](C(=O)N[C@@H](CCCN=C(N)N)C(=O)NCC)[C@@H](C)CC. The van der Waals surface area contributed by atoms with Crippen LogP contribution >= 0.6 is 0 Å². The van der Waals surface area contributed by atoms with Crippen molar-refractivity contribution < 1.29 is 48.3 Å². The predicted octanol–water partition coefficient (Wildman–Crippen LogP) is -2.22. The molecule has 0 aromatic heterocycles. The van der Waals surface area contributed by atoms with Crippen LogP contribution in [0.25, 0.3) is 0 Å². The molecule has 0 saturated carbocycles. The average molecular weight is 897 g/mol. The number of aliphatic hydroxyl groups is 1. The van der Waals surface area contributed by atoms with Gasteiger partial charge in [-0.25, -0.2) is 0 Å². The highest BCUT2D eigenvalue weighted by atomic mass is 16.3. The molecule has 0 saturated heterocycles. The second-order valence-electron chi connectivity index (χ2n) is 16.2. The monoisotopic (exact) mass is 897 g/mol. The minimum Gasteiger partial charge on any atom is -0.391 e. The highest BCUT2D eigenvalue weighted by Crippen LogP contribution is 2.14. The summed E-state index contributed by atoms with van der Waals surface area (Å²) < 4.78 is 0. The van der Waals surface area contributed by atoms with Crippen molar-refractivity contribution in [2.45, 2.75) is 169 Å². The van der Waals surface area contributed by atoms with Gasteiger partial charge in [0.25, 0.3) is 0 Å². The maximum atomic E-state index is 13.9. The lowest BCUT2D eigenvalue weighted by atomic mass is 9.95. The third-order valence-electron chi connectivity index (χ3n) is 10.4. The van der Waals surface area contributed by atoms with Gasteiger partial charge in [0, 0.05) is 26.4 Å². The molecule has 0 unspecified atom stereocenters. The zero-order valence-electron chi connectivity index (χ0n) is 38.7. The largest absolute Gasteiger partial charge is 0.391 e. The molecular formula is C41H76N12O10. The zero-order valence-corrected chi connectivity index (χ0v) is 38.7. The van der Waals surface area contributed by atoms with E-state index in [1.165, 1.54) is 13.8 Å². The molecule has 0 heterocycles. The second-order valence-corrected chi connectivity index (χ2v) is 16.2. The van der Waals surface area contributed by atoms with Crippen LogP contribution < -0.4 is 59.7 Å². The van der Waals surface area contributed by atoms with E-state index < -0.39 is 119 Å². The number of carbonyl (C=O) groups is 9. The van der Waals surface area contributed by atoms with Gasteiger partial charge in [-0.05, 0) is 57.3 Å². The molecule has 0 aliphatic heterocycles. The van der Waals surface area contributed by atoms with Gasteiger partial charge in [-0.1, -0.05) is 67.7 Å². The molecule has 0 fully saturated rings. The van der Waals surface area contributed by atoms with Crippen molar-refractivity contribution in [1.82, 2.24) is 42.5 Å². The molecule has 22 nitrogen and oxygen atoms in total. The van der Waals surface area contributed by atoms with Crippen molar-refractivity contribution in [1.29, 1.82) is 0 Å². The van der Waals surface area contributed by atoms with Crippen LogP contribution in [0.5, 0.6) is 0 Å². The summed E-state index contributed by atoms with van der Waals surface area (Å²) in [6, 6.07) is -8.56. The number of carbonyl (C=O) groups excluding carboxylic acids is 9. The van der Waals surface area contributed by atoms with E-state index >= 15 is 0 Å². The number of guanidine groups is 1. The summed E-state index contributed by atoms with van der Waals surface area (Å²) >= 11 is 0. The van der Waals surface area contributed by atoms with Gasteiger partial charge in [-0.15, -0.1) is 0 Å². The molecule has 0 spiro atoms. The van der Waals surface area contributed by atoms with Crippen LogP contribution in [0.3, 0.4) is 0 Å². The van der Waals surface area contributed by atoms with Crippen LogP contribution in [0.1, 0.15) is 121 Å². The van der Waals surface area contributed by atoms with E-state index in [9.17, 15) is 48.3 Å². The van der Waals surface area contributed by atoms with Crippen LogP contribution in [0.2, 0.25) is 0 Å². The minimum absolute atomic E-state index is 0.110. The number of likely N-dealkylation sites (N-methyl/N-ethyl adjacent to an activating group) is 1. The molecule has 63 heavy (non-hydrogen) atoms. The smallest absolute Gasteiger partial charge is 0.245 e. The summed E-state index contributed by atoms with van der Waals surface area (Å²) in [4.78, 5) is 122. The number of nitrogens with one attached hydrogen (secondary N) is 8. The molecule has 9 amide bonds. The summed E-state index contributed by atoms with van der Waals surface area (Å²) in [6.45, 7) is 16.8. The fourth-order valence-corrected chi connectivity index (χ4v) is 6.29. The number of hydrogen-bond acceptors (Lipinski definition) is 11. The molecule has 0 bridgehead atoms. The number of aliphatic imine (C=N–C) groups is 1. The zero-order chi connectivity index (χ0) is 48.6. The van der Waals surface area contributed by atoms with Gasteiger partial charge in [-0.3, -0.25) is 48.1 Å². The fourth-order valence-electron chi connectivity index (χ4n) is 6.29. The Bertz CT molecular complexity index is 1570. The number of hydrogen-bond donors (Lipinski definition) is 12. The lowest BCUT2D eigenvalue weighted by Gasteiger charge is -2.31. The molecule has 360 valence electrons. The lowest BCUT2D eigenvalue weighted by molar-refractivity contribution is -0.138. The Balaban J connectivity index is 6.31. The molecule has 0 aromatic rings. The number of amides is 9. The van der Waals surface area contributed by atoms with Gasteiger partial charge < -0.3 is 64.8 Å². The first-order valence-electron chi connectivity index (χ1n) is 21.8. The molecular weight excluding hydrogens is 821 g/mol. The summed E-state index contributed by atoms with van der Waals surface area (Å²) in [5, 5.41) is 31.7. The Hall–Kier alpha value is -5.54. The second kappa shape index (κ2) is 29.7. The number of nitrogens with two attached hydrogens (primary N) is 3. The van der Waals surface area contributed by atoms with E-state index in [1.807, 2.05) is 6.92 Å². The predicted molar refractivity (Wildman–Crippen MR) is 237 cm³/mol. The van der Waals surface area contributed by atoms with Crippen LogP contribution in [0.4, 0.5) is 0 Å². The van der Waals surface area contributed by atoms with E-state index in [2.05, 4.69) is 47.5 Å². The van der Waals surface area contributed by atoms with Crippen LogP contribution in [-0.4, -0.2) is 126 Å². The number of primary amides is 1. The van der Waals surface area contributed by atoms with Crippen molar-refractivity contribution in [3.63, 3.8) is 0 Å². The highest BCUT2D eigenvalue weighted by Gasteiger charge is 2.37. The van der Waals surface area contributed by atoms with Crippen LogP contribution in [0, 0.1) is 17.8 Å². The van der Waals surface area contributed by atoms with E-state index in [0.29, 0.717) is 32.2 Å². The van der Waals surface area contributed by atoms with Crippen LogP contribution in [0.15, 0.2) is 4.99 Å².